The van der Waals surface area contributed by atoms with Gasteiger partial charge in [0.15, 0.2) is 5.78 Å². The van der Waals surface area contributed by atoms with Gasteiger partial charge in [0, 0.05) is 16.1 Å². The van der Waals surface area contributed by atoms with Gasteiger partial charge in [-0.1, -0.05) is 62.4 Å². The number of hydrogen-bond donors (Lipinski definition) is 0. The van der Waals surface area contributed by atoms with Crippen LogP contribution in [-0.2, 0) is 6.42 Å². The molecule has 2 rings (SSSR count). The maximum atomic E-state index is 12.7. The van der Waals surface area contributed by atoms with Crippen molar-refractivity contribution < 1.29 is 4.79 Å². The third-order valence-electron chi connectivity index (χ3n) is 4.35. The van der Waals surface area contributed by atoms with Crippen molar-refractivity contribution in [1.82, 2.24) is 0 Å². The van der Waals surface area contributed by atoms with E-state index >= 15 is 0 Å². The van der Waals surface area contributed by atoms with Crippen molar-refractivity contribution >= 4 is 17.4 Å². The first-order chi connectivity index (χ1) is 11.1. The number of halogens is 1. The minimum absolute atomic E-state index is 0.0759. The summed E-state index contributed by atoms with van der Waals surface area (Å²) >= 11 is 5.90. The van der Waals surface area contributed by atoms with Crippen molar-refractivity contribution in [3.63, 3.8) is 0 Å². The fraction of sp³-hybridized carbons (Fsp3) is 0.381. The Bertz CT molecular complexity index is 643. The number of hydrogen-bond acceptors (Lipinski definition) is 1. The highest BCUT2D eigenvalue weighted by molar-refractivity contribution is 6.30. The number of aryl methyl sites for hydroxylation is 1. The van der Waals surface area contributed by atoms with Gasteiger partial charge in [-0.3, -0.25) is 4.79 Å². The Morgan fingerprint density at radius 3 is 2.35 bits per heavy atom. The van der Waals surface area contributed by atoms with Gasteiger partial charge >= 0.3 is 0 Å². The zero-order chi connectivity index (χ0) is 16.7. The van der Waals surface area contributed by atoms with Gasteiger partial charge in [-0.05, 0) is 55.2 Å². The lowest BCUT2D eigenvalue weighted by Gasteiger charge is -2.11. The van der Waals surface area contributed by atoms with Gasteiger partial charge in [-0.25, -0.2) is 0 Å². The van der Waals surface area contributed by atoms with Crippen LogP contribution in [0.25, 0.3) is 0 Å². The number of rotatable bonds is 8. The summed E-state index contributed by atoms with van der Waals surface area (Å²) < 4.78 is 0. The summed E-state index contributed by atoms with van der Waals surface area (Å²) in [5.74, 6) is 0.0759. The Hall–Kier alpha value is -1.60. The molecule has 0 aliphatic rings. The standard InChI is InChI=1S/C21H25ClO/c1-3-4-5-6-7-9-17-10-8-11-20(16(17)2)21(23)18-12-14-19(22)15-13-18/h8,10-15H,3-7,9H2,1-2H3. The molecule has 0 heterocycles. The second kappa shape index (κ2) is 8.88. The van der Waals surface area contributed by atoms with Gasteiger partial charge in [0.1, 0.15) is 0 Å². The monoisotopic (exact) mass is 328 g/mol. The fourth-order valence-corrected chi connectivity index (χ4v) is 3.00. The first-order valence-electron chi connectivity index (χ1n) is 8.52. The number of benzene rings is 2. The molecular formula is C21H25ClO. The Labute approximate surface area is 144 Å². The molecule has 0 radical (unpaired) electrons. The van der Waals surface area contributed by atoms with E-state index in [0.717, 1.165) is 17.5 Å². The Kier molecular flexibility index (Phi) is 6.85. The largest absolute Gasteiger partial charge is 0.289 e. The molecule has 2 aromatic rings. The van der Waals surface area contributed by atoms with E-state index in [0.29, 0.717) is 10.6 Å². The molecule has 0 aromatic heterocycles. The van der Waals surface area contributed by atoms with Crippen LogP contribution < -0.4 is 0 Å². The minimum Gasteiger partial charge on any atom is -0.289 e. The van der Waals surface area contributed by atoms with Crippen LogP contribution in [0.4, 0.5) is 0 Å². The highest BCUT2D eigenvalue weighted by atomic mass is 35.5. The molecule has 0 atom stereocenters. The van der Waals surface area contributed by atoms with Crippen LogP contribution in [0.15, 0.2) is 42.5 Å². The van der Waals surface area contributed by atoms with Gasteiger partial charge in [-0.2, -0.15) is 0 Å². The van der Waals surface area contributed by atoms with Gasteiger partial charge in [0.2, 0.25) is 0 Å². The van der Waals surface area contributed by atoms with E-state index < -0.39 is 0 Å². The van der Waals surface area contributed by atoms with Crippen LogP contribution >= 0.6 is 11.6 Å². The Morgan fingerprint density at radius 2 is 1.65 bits per heavy atom. The van der Waals surface area contributed by atoms with Gasteiger partial charge in [0.25, 0.3) is 0 Å². The third kappa shape index (κ3) is 4.94. The average Bonchev–Trinajstić information content (AvgIpc) is 2.56. The number of unbranched alkanes of at least 4 members (excludes halogenated alkanes) is 4. The predicted molar refractivity (Wildman–Crippen MR) is 98.5 cm³/mol. The first kappa shape index (κ1) is 17.7. The van der Waals surface area contributed by atoms with E-state index in [1.54, 1.807) is 24.3 Å². The summed E-state index contributed by atoms with van der Waals surface area (Å²) in [6, 6.07) is 13.2. The molecule has 0 saturated heterocycles. The van der Waals surface area contributed by atoms with Crippen molar-refractivity contribution in [2.45, 2.75) is 52.4 Å². The smallest absolute Gasteiger partial charge is 0.193 e. The van der Waals surface area contributed by atoms with Crippen molar-refractivity contribution in [2.75, 3.05) is 0 Å². The zero-order valence-corrected chi connectivity index (χ0v) is 14.8. The maximum Gasteiger partial charge on any atom is 0.193 e. The molecule has 2 heteroatoms. The highest BCUT2D eigenvalue weighted by Gasteiger charge is 2.13. The van der Waals surface area contributed by atoms with E-state index in [1.807, 2.05) is 12.1 Å². The summed E-state index contributed by atoms with van der Waals surface area (Å²) in [5, 5.41) is 0.652. The van der Waals surface area contributed by atoms with Crippen molar-refractivity contribution in [3.05, 3.63) is 69.7 Å². The summed E-state index contributed by atoms with van der Waals surface area (Å²) in [4.78, 5) is 12.7. The molecule has 0 fully saturated rings. The lowest BCUT2D eigenvalue weighted by Crippen LogP contribution is -2.05. The molecule has 0 spiro atoms. The lowest BCUT2D eigenvalue weighted by atomic mass is 9.93. The molecule has 1 nitrogen and oxygen atoms in total. The van der Waals surface area contributed by atoms with Crippen molar-refractivity contribution in [3.8, 4) is 0 Å². The molecule has 0 amide bonds. The van der Waals surface area contributed by atoms with Crippen molar-refractivity contribution in [1.29, 1.82) is 0 Å². The highest BCUT2D eigenvalue weighted by Crippen LogP contribution is 2.21. The van der Waals surface area contributed by atoms with Crippen LogP contribution in [0.1, 0.15) is 66.1 Å². The topological polar surface area (TPSA) is 17.1 Å². The fourth-order valence-electron chi connectivity index (χ4n) is 2.88. The molecule has 0 bridgehead atoms. The summed E-state index contributed by atoms with van der Waals surface area (Å²) in [6.07, 6.45) is 7.40. The van der Waals surface area contributed by atoms with Gasteiger partial charge < -0.3 is 0 Å². The zero-order valence-electron chi connectivity index (χ0n) is 14.1. The molecule has 0 N–H and O–H groups in total. The third-order valence-corrected chi connectivity index (χ3v) is 4.60. The first-order valence-corrected chi connectivity index (χ1v) is 8.90. The summed E-state index contributed by atoms with van der Waals surface area (Å²) in [7, 11) is 0. The SMILES string of the molecule is CCCCCCCc1cccc(C(=O)c2ccc(Cl)cc2)c1C. The molecule has 0 aliphatic heterocycles. The van der Waals surface area contributed by atoms with Crippen LogP contribution in [0.3, 0.4) is 0 Å². The van der Waals surface area contributed by atoms with E-state index in [9.17, 15) is 4.79 Å². The Balaban J connectivity index is 2.09. The van der Waals surface area contributed by atoms with E-state index in [1.165, 1.54) is 37.7 Å². The molecule has 122 valence electrons. The molecular weight excluding hydrogens is 304 g/mol. The molecule has 0 saturated carbocycles. The predicted octanol–water partition coefficient (Wildman–Crippen LogP) is 6.39. The number of ketones is 1. The quantitative estimate of drug-likeness (QED) is 0.405. The van der Waals surface area contributed by atoms with E-state index in [4.69, 9.17) is 11.6 Å². The average molecular weight is 329 g/mol. The van der Waals surface area contributed by atoms with Crippen molar-refractivity contribution in [2.24, 2.45) is 0 Å². The summed E-state index contributed by atoms with van der Waals surface area (Å²) in [6.45, 7) is 4.29. The van der Waals surface area contributed by atoms with Gasteiger partial charge in [-0.15, -0.1) is 0 Å². The molecule has 23 heavy (non-hydrogen) atoms. The van der Waals surface area contributed by atoms with E-state index in [-0.39, 0.29) is 5.78 Å². The number of carbonyl (C=O) groups is 1. The molecule has 0 aliphatic carbocycles. The summed E-state index contributed by atoms with van der Waals surface area (Å²) in [5.41, 5.74) is 3.90. The van der Waals surface area contributed by atoms with E-state index in [2.05, 4.69) is 19.9 Å². The normalized spacial score (nSPS) is 10.7. The van der Waals surface area contributed by atoms with Gasteiger partial charge in [0.05, 0.1) is 0 Å². The second-order valence-corrected chi connectivity index (χ2v) is 6.53. The van der Waals surface area contributed by atoms with Crippen LogP contribution in [-0.4, -0.2) is 5.78 Å². The lowest BCUT2D eigenvalue weighted by molar-refractivity contribution is 0.103. The molecule has 2 aromatic carbocycles. The number of carbonyl (C=O) groups excluding carboxylic acids is 1. The maximum absolute atomic E-state index is 12.7. The Morgan fingerprint density at radius 1 is 0.957 bits per heavy atom. The van der Waals surface area contributed by atoms with Crippen LogP contribution in [0.5, 0.6) is 0 Å². The minimum atomic E-state index is 0.0759. The molecule has 0 unspecified atom stereocenters. The second-order valence-electron chi connectivity index (χ2n) is 6.09. The van der Waals surface area contributed by atoms with Crippen LogP contribution in [0, 0.1) is 6.92 Å². The van der Waals surface area contributed by atoms with Crippen LogP contribution in [0.2, 0.25) is 5.02 Å².